The minimum absolute atomic E-state index is 0.0684. The van der Waals surface area contributed by atoms with E-state index in [2.05, 4.69) is 16.4 Å². The first-order valence-electron chi connectivity index (χ1n) is 8.19. The van der Waals surface area contributed by atoms with E-state index in [4.69, 9.17) is 11.6 Å². The number of fused-ring (bicyclic) bond motifs is 1. The Morgan fingerprint density at radius 3 is 2.62 bits per heavy atom. The Hall–Kier alpha value is -2.24. The van der Waals surface area contributed by atoms with Gasteiger partial charge in [-0.1, -0.05) is 23.7 Å². The van der Waals surface area contributed by atoms with Crippen molar-refractivity contribution in [3.63, 3.8) is 0 Å². The second-order valence-corrected chi connectivity index (χ2v) is 7.63. The van der Waals surface area contributed by atoms with Gasteiger partial charge < -0.3 is 10.3 Å². The summed E-state index contributed by atoms with van der Waals surface area (Å²) in [4.78, 5) is 27.5. The molecule has 3 rings (SSSR count). The number of para-hydroxylation sites is 1. The van der Waals surface area contributed by atoms with Crippen molar-refractivity contribution >= 4 is 45.9 Å². The summed E-state index contributed by atoms with van der Waals surface area (Å²) in [6.07, 6.45) is 0. The predicted molar refractivity (Wildman–Crippen MR) is 110 cm³/mol. The highest BCUT2D eigenvalue weighted by atomic mass is 35.5. The number of carbonyl (C=O) groups is 1. The molecule has 0 radical (unpaired) electrons. The fraction of sp³-hybridized carbons (Fsp3) is 0.200. The number of anilines is 1. The van der Waals surface area contributed by atoms with Gasteiger partial charge in [0.1, 0.15) is 0 Å². The van der Waals surface area contributed by atoms with Crippen molar-refractivity contribution in [2.75, 3.05) is 11.1 Å². The first-order chi connectivity index (χ1) is 12.4. The molecule has 0 saturated carbocycles. The molecule has 134 valence electrons. The third-order valence-electron chi connectivity index (χ3n) is 3.87. The Balaban J connectivity index is 1.62. The van der Waals surface area contributed by atoms with Crippen molar-refractivity contribution in [3.05, 3.63) is 74.5 Å². The maximum atomic E-state index is 12.2. The standard InChI is InChI=1S/C20H19ClN2O2S/c1-12-6-13(2)8-14(7-12)22-19(25)11-26-10-15-9-18(24)16-4-3-5-17(21)20(16)23-15/h3-9H,10-11H2,1-2H3,(H,22,25)(H,23,24). The molecule has 1 amide bonds. The molecule has 2 N–H and O–H groups in total. The summed E-state index contributed by atoms with van der Waals surface area (Å²) in [5.74, 6) is 0.757. The van der Waals surface area contributed by atoms with Gasteiger partial charge in [-0.3, -0.25) is 9.59 Å². The molecule has 1 aromatic heterocycles. The van der Waals surface area contributed by atoms with E-state index in [0.29, 0.717) is 27.4 Å². The fourth-order valence-corrected chi connectivity index (χ4v) is 3.82. The topological polar surface area (TPSA) is 62.0 Å². The van der Waals surface area contributed by atoms with E-state index in [0.717, 1.165) is 22.5 Å². The molecule has 0 saturated heterocycles. The Kier molecular flexibility index (Phi) is 5.69. The lowest BCUT2D eigenvalue weighted by atomic mass is 10.1. The molecule has 0 aliphatic carbocycles. The molecule has 26 heavy (non-hydrogen) atoms. The molecule has 1 heterocycles. The van der Waals surface area contributed by atoms with Crippen molar-refractivity contribution in [2.45, 2.75) is 19.6 Å². The van der Waals surface area contributed by atoms with E-state index in [1.807, 2.05) is 26.0 Å². The highest BCUT2D eigenvalue weighted by Crippen LogP contribution is 2.20. The Morgan fingerprint density at radius 1 is 1.15 bits per heavy atom. The van der Waals surface area contributed by atoms with Crippen LogP contribution in [0.5, 0.6) is 0 Å². The van der Waals surface area contributed by atoms with E-state index in [1.54, 1.807) is 24.3 Å². The van der Waals surface area contributed by atoms with Crippen LogP contribution in [0, 0.1) is 13.8 Å². The summed E-state index contributed by atoms with van der Waals surface area (Å²) >= 11 is 7.60. The smallest absolute Gasteiger partial charge is 0.234 e. The number of aryl methyl sites for hydroxylation is 2. The molecular weight excluding hydrogens is 368 g/mol. The van der Waals surface area contributed by atoms with Gasteiger partial charge in [0, 0.05) is 28.6 Å². The first kappa shape index (κ1) is 18.5. The van der Waals surface area contributed by atoms with Crippen LogP contribution in [0.25, 0.3) is 10.9 Å². The Morgan fingerprint density at radius 2 is 1.88 bits per heavy atom. The first-order valence-corrected chi connectivity index (χ1v) is 9.72. The molecule has 0 unspecified atom stereocenters. The number of aromatic amines is 1. The van der Waals surface area contributed by atoms with Gasteiger partial charge in [0.05, 0.1) is 16.3 Å². The van der Waals surface area contributed by atoms with E-state index >= 15 is 0 Å². The second-order valence-electron chi connectivity index (χ2n) is 6.24. The van der Waals surface area contributed by atoms with Gasteiger partial charge in [-0.25, -0.2) is 0 Å². The summed E-state index contributed by atoms with van der Waals surface area (Å²) in [6.45, 7) is 4.00. The number of pyridine rings is 1. The van der Waals surface area contributed by atoms with Crippen LogP contribution in [0.4, 0.5) is 5.69 Å². The second kappa shape index (κ2) is 7.98. The zero-order chi connectivity index (χ0) is 18.7. The molecule has 0 aliphatic rings. The monoisotopic (exact) mass is 386 g/mol. The van der Waals surface area contributed by atoms with Gasteiger partial charge in [0.2, 0.25) is 5.91 Å². The van der Waals surface area contributed by atoms with E-state index in [-0.39, 0.29) is 11.3 Å². The number of aromatic nitrogens is 1. The summed E-state index contributed by atoms with van der Waals surface area (Å²) < 4.78 is 0. The van der Waals surface area contributed by atoms with Crippen molar-refractivity contribution in [3.8, 4) is 0 Å². The number of nitrogens with one attached hydrogen (secondary N) is 2. The van der Waals surface area contributed by atoms with Crippen LogP contribution < -0.4 is 10.7 Å². The molecular formula is C20H19ClN2O2S. The maximum Gasteiger partial charge on any atom is 0.234 e. The van der Waals surface area contributed by atoms with Gasteiger partial charge >= 0.3 is 0 Å². The van der Waals surface area contributed by atoms with Crippen LogP contribution in [0.2, 0.25) is 5.02 Å². The van der Waals surface area contributed by atoms with Crippen molar-refractivity contribution in [1.82, 2.24) is 4.98 Å². The summed E-state index contributed by atoms with van der Waals surface area (Å²) in [7, 11) is 0. The molecule has 3 aromatic rings. The lowest BCUT2D eigenvalue weighted by Gasteiger charge is -2.08. The van der Waals surface area contributed by atoms with Gasteiger partial charge in [0.25, 0.3) is 0 Å². The van der Waals surface area contributed by atoms with Crippen LogP contribution in [-0.2, 0) is 10.5 Å². The van der Waals surface area contributed by atoms with Gasteiger partial charge in [-0.2, -0.15) is 0 Å². The van der Waals surface area contributed by atoms with Crippen molar-refractivity contribution in [2.24, 2.45) is 0 Å². The Bertz CT molecular complexity index is 1010. The van der Waals surface area contributed by atoms with E-state index in [9.17, 15) is 9.59 Å². The summed E-state index contributed by atoms with van der Waals surface area (Å²) in [6, 6.07) is 12.8. The van der Waals surface area contributed by atoms with Gasteiger partial charge in [-0.15, -0.1) is 11.8 Å². The summed E-state index contributed by atoms with van der Waals surface area (Å²) in [5.41, 5.74) is 4.34. The zero-order valence-electron chi connectivity index (χ0n) is 14.6. The normalized spacial score (nSPS) is 10.9. The highest BCUT2D eigenvalue weighted by Gasteiger charge is 2.07. The largest absolute Gasteiger partial charge is 0.356 e. The average molecular weight is 387 g/mol. The molecule has 0 bridgehead atoms. The quantitative estimate of drug-likeness (QED) is 0.669. The molecule has 0 atom stereocenters. The highest BCUT2D eigenvalue weighted by molar-refractivity contribution is 7.99. The average Bonchev–Trinajstić information content (AvgIpc) is 2.55. The molecule has 6 heteroatoms. The zero-order valence-corrected chi connectivity index (χ0v) is 16.1. The molecule has 0 fully saturated rings. The van der Waals surface area contributed by atoms with Gasteiger partial charge in [-0.05, 0) is 49.2 Å². The molecule has 0 spiro atoms. The van der Waals surface area contributed by atoms with Gasteiger partial charge in [0.15, 0.2) is 5.43 Å². The lowest BCUT2D eigenvalue weighted by Crippen LogP contribution is -2.14. The number of benzene rings is 2. The van der Waals surface area contributed by atoms with E-state index in [1.165, 1.54) is 11.8 Å². The number of hydrogen-bond acceptors (Lipinski definition) is 3. The SMILES string of the molecule is Cc1cc(C)cc(NC(=O)CSCc2cc(=O)c3cccc(Cl)c3[nH]2)c1. The minimum atomic E-state index is -0.0727. The number of rotatable bonds is 5. The van der Waals surface area contributed by atoms with Crippen LogP contribution >= 0.6 is 23.4 Å². The molecule has 4 nitrogen and oxygen atoms in total. The van der Waals surface area contributed by atoms with Crippen molar-refractivity contribution in [1.29, 1.82) is 0 Å². The third kappa shape index (κ3) is 4.48. The number of H-pyrrole nitrogens is 1. The summed E-state index contributed by atoms with van der Waals surface area (Å²) in [5, 5.41) is 3.99. The molecule has 0 aliphatic heterocycles. The third-order valence-corrected chi connectivity index (χ3v) is 5.16. The Labute approximate surface area is 161 Å². The lowest BCUT2D eigenvalue weighted by molar-refractivity contribution is -0.113. The number of carbonyl (C=O) groups excluding carboxylic acids is 1. The predicted octanol–water partition coefficient (Wildman–Crippen LogP) is 4.67. The number of amides is 1. The van der Waals surface area contributed by atoms with Crippen molar-refractivity contribution < 1.29 is 4.79 Å². The number of thioether (sulfide) groups is 1. The van der Waals surface area contributed by atoms with Crippen LogP contribution in [0.1, 0.15) is 16.8 Å². The van der Waals surface area contributed by atoms with E-state index < -0.39 is 0 Å². The van der Waals surface area contributed by atoms with Crippen LogP contribution in [0.15, 0.2) is 47.3 Å². The number of hydrogen-bond donors (Lipinski definition) is 2. The molecule has 2 aromatic carbocycles. The fourth-order valence-electron chi connectivity index (χ4n) is 2.86. The van der Waals surface area contributed by atoms with Crippen LogP contribution in [-0.4, -0.2) is 16.6 Å². The number of halogens is 1. The minimum Gasteiger partial charge on any atom is -0.356 e. The maximum absolute atomic E-state index is 12.2. The van der Waals surface area contributed by atoms with Crippen LogP contribution in [0.3, 0.4) is 0 Å².